The van der Waals surface area contributed by atoms with Gasteiger partial charge in [0, 0.05) is 13.0 Å². The van der Waals surface area contributed by atoms with Crippen molar-refractivity contribution in [1.82, 2.24) is 4.90 Å². The van der Waals surface area contributed by atoms with Crippen LogP contribution in [0.4, 0.5) is 0 Å². The summed E-state index contributed by atoms with van der Waals surface area (Å²) in [5.41, 5.74) is -1.53. The van der Waals surface area contributed by atoms with Gasteiger partial charge in [0.2, 0.25) is 0 Å². The molecule has 2 saturated carbocycles. The molecule has 4 heteroatoms. The van der Waals surface area contributed by atoms with Gasteiger partial charge in [0.25, 0.3) is 0 Å². The topological polar surface area (TPSA) is 60.8 Å². The second kappa shape index (κ2) is 4.05. The zero-order valence-corrected chi connectivity index (χ0v) is 12.2. The molecule has 2 bridgehead atoms. The Morgan fingerprint density at radius 2 is 2.10 bits per heavy atom. The number of carbonyl (C=O) groups is 1. The lowest BCUT2D eigenvalue weighted by Crippen LogP contribution is -2.83. The Bertz CT molecular complexity index is 453. The molecule has 0 unspecified atom stereocenters. The number of piperidine rings is 2. The lowest BCUT2D eigenvalue weighted by atomic mass is 9.45. The predicted molar refractivity (Wildman–Crippen MR) is 74.1 cm³/mol. The van der Waals surface area contributed by atoms with Crippen molar-refractivity contribution in [3.8, 4) is 0 Å². The van der Waals surface area contributed by atoms with Crippen molar-refractivity contribution in [1.29, 1.82) is 0 Å². The summed E-state index contributed by atoms with van der Waals surface area (Å²) < 4.78 is 0. The van der Waals surface area contributed by atoms with Crippen LogP contribution in [0.5, 0.6) is 0 Å². The molecule has 2 saturated heterocycles. The summed E-state index contributed by atoms with van der Waals surface area (Å²) in [6.45, 7) is 4.08. The minimum Gasteiger partial charge on any atom is -0.390 e. The molecule has 0 aromatic carbocycles. The average molecular weight is 279 g/mol. The molecular formula is C16H25NO3. The van der Waals surface area contributed by atoms with E-state index in [0.29, 0.717) is 18.8 Å². The van der Waals surface area contributed by atoms with E-state index >= 15 is 0 Å². The highest BCUT2D eigenvalue weighted by atomic mass is 16.3. The molecule has 4 nitrogen and oxygen atoms in total. The van der Waals surface area contributed by atoms with Crippen LogP contribution in [-0.2, 0) is 4.79 Å². The second-order valence-electron chi connectivity index (χ2n) is 7.65. The van der Waals surface area contributed by atoms with E-state index in [0.717, 1.165) is 38.8 Å². The van der Waals surface area contributed by atoms with Crippen LogP contribution in [-0.4, -0.2) is 51.2 Å². The van der Waals surface area contributed by atoms with Crippen molar-refractivity contribution >= 4 is 5.78 Å². The SMILES string of the molecule is C[C@@H]1C[C@H]2C(=O)C[C@H]3CCCN4CC[C@H](O)[C@@]2(O)[C@]34C1. The Kier molecular flexibility index (Phi) is 2.68. The first-order valence-electron chi connectivity index (χ1n) is 8.18. The maximum atomic E-state index is 12.6. The smallest absolute Gasteiger partial charge is 0.139 e. The van der Waals surface area contributed by atoms with Crippen LogP contribution < -0.4 is 0 Å². The molecule has 0 amide bonds. The standard InChI is InChI=1S/C16H25NO3/c1-10-7-12-13(18)8-11-3-2-5-17-6-4-14(19)16(12,20)15(11,17)9-10/h10-12,14,19-20H,2-9H2,1H3/t10-,11-,12+,14+,15+,16-/m1/s1. The molecule has 4 rings (SSSR count). The van der Waals surface area contributed by atoms with E-state index in [9.17, 15) is 15.0 Å². The number of rotatable bonds is 0. The van der Waals surface area contributed by atoms with Gasteiger partial charge in [0.15, 0.2) is 0 Å². The zero-order chi connectivity index (χ0) is 14.1. The van der Waals surface area contributed by atoms with Crippen LogP contribution in [0.2, 0.25) is 0 Å². The number of Topliss-reactive ketones (excluding diaryl/α,β-unsaturated/α-hetero) is 1. The van der Waals surface area contributed by atoms with Crippen LogP contribution in [0.1, 0.15) is 45.4 Å². The van der Waals surface area contributed by atoms with Crippen molar-refractivity contribution in [3.63, 3.8) is 0 Å². The summed E-state index contributed by atoms with van der Waals surface area (Å²) in [4.78, 5) is 15.0. The molecule has 0 radical (unpaired) electrons. The summed E-state index contributed by atoms with van der Waals surface area (Å²) in [5.74, 6) is 0.543. The number of aliphatic hydroxyl groups is 2. The Hall–Kier alpha value is -0.450. The van der Waals surface area contributed by atoms with Crippen LogP contribution >= 0.6 is 0 Å². The lowest BCUT2D eigenvalue weighted by molar-refractivity contribution is -0.284. The fourth-order valence-electron chi connectivity index (χ4n) is 6.13. The molecular weight excluding hydrogens is 254 g/mol. The average Bonchev–Trinajstić information content (AvgIpc) is 2.40. The van der Waals surface area contributed by atoms with Crippen LogP contribution in [0.15, 0.2) is 0 Å². The molecule has 4 fully saturated rings. The van der Waals surface area contributed by atoms with Crippen molar-refractivity contribution in [2.45, 2.75) is 62.7 Å². The molecule has 2 aliphatic heterocycles. The lowest BCUT2D eigenvalue weighted by Gasteiger charge is -2.70. The fourth-order valence-corrected chi connectivity index (χ4v) is 6.13. The normalized spacial score (nSPS) is 55.5. The third kappa shape index (κ3) is 1.31. The highest BCUT2D eigenvalue weighted by molar-refractivity contribution is 5.85. The molecule has 112 valence electrons. The Morgan fingerprint density at radius 1 is 1.30 bits per heavy atom. The maximum Gasteiger partial charge on any atom is 0.139 e. The Labute approximate surface area is 120 Å². The largest absolute Gasteiger partial charge is 0.390 e. The van der Waals surface area contributed by atoms with Crippen molar-refractivity contribution in [2.75, 3.05) is 13.1 Å². The highest BCUT2D eigenvalue weighted by Gasteiger charge is 2.72. The molecule has 6 atom stereocenters. The fraction of sp³-hybridized carbons (Fsp3) is 0.938. The highest BCUT2D eigenvalue weighted by Crippen LogP contribution is 2.61. The zero-order valence-electron chi connectivity index (χ0n) is 12.2. The molecule has 1 spiro atoms. The molecule has 0 aromatic rings. The third-order valence-electron chi connectivity index (χ3n) is 6.76. The summed E-state index contributed by atoms with van der Waals surface area (Å²) in [7, 11) is 0. The van der Waals surface area contributed by atoms with Gasteiger partial charge in [-0.05, 0) is 50.5 Å². The molecule has 0 aromatic heterocycles. The van der Waals surface area contributed by atoms with E-state index in [2.05, 4.69) is 11.8 Å². The van der Waals surface area contributed by atoms with Crippen molar-refractivity contribution < 1.29 is 15.0 Å². The molecule has 2 aliphatic carbocycles. The van der Waals surface area contributed by atoms with Gasteiger partial charge in [-0.2, -0.15) is 0 Å². The first kappa shape index (κ1) is 13.2. The Morgan fingerprint density at radius 3 is 2.90 bits per heavy atom. The number of hydrogen-bond acceptors (Lipinski definition) is 4. The summed E-state index contributed by atoms with van der Waals surface area (Å²) in [6, 6.07) is 0. The van der Waals surface area contributed by atoms with E-state index in [1.54, 1.807) is 0 Å². The van der Waals surface area contributed by atoms with Gasteiger partial charge < -0.3 is 10.2 Å². The summed E-state index contributed by atoms with van der Waals surface area (Å²) in [5, 5.41) is 22.1. The first-order valence-corrected chi connectivity index (χ1v) is 8.18. The quantitative estimate of drug-likeness (QED) is 0.693. The molecule has 2 N–H and O–H groups in total. The third-order valence-corrected chi connectivity index (χ3v) is 6.76. The van der Waals surface area contributed by atoms with Gasteiger partial charge in [0.05, 0.1) is 17.6 Å². The van der Waals surface area contributed by atoms with Gasteiger partial charge in [-0.3, -0.25) is 9.69 Å². The monoisotopic (exact) mass is 279 g/mol. The van der Waals surface area contributed by atoms with E-state index in [1.165, 1.54) is 0 Å². The van der Waals surface area contributed by atoms with E-state index in [-0.39, 0.29) is 23.2 Å². The molecule has 4 aliphatic rings. The van der Waals surface area contributed by atoms with E-state index in [4.69, 9.17) is 0 Å². The molecule has 20 heavy (non-hydrogen) atoms. The van der Waals surface area contributed by atoms with Gasteiger partial charge in [-0.1, -0.05) is 6.92 Å². The van der Waals surface area contributed by atoms with Crippen LogP contribution in [0.3, 0.4) is 0 Å². The van der Waals surface area contributed by atoms with E-state index in [1.807, 2.05) is 0 Å². The van der Waals surface area contributed by atoms with Crippen molar-refractivity contribution in [2.24, 2.45) is 17.8 Å². The van der Waals surface area contributed by atoms with Gasteiger partial charge in [0.1, 0.15) is 11.4 Å². The van der Waals surface area contributed by atoms with Crippen molar-refractivity contribution in [3.05, 3.63) is 0 Å². The molecule has 2 heterocycles. The maximum absolute atomic E-state index is 12.6. The second-order valence-corrected chi connectivity index (χ2v) is 7.65. The first-order chi connectivity index (χ1) is 9.50. The van der Waals surface area contributed by atoms with Gasteiger partial charge in [-0.25, -0.2) is 0 Å². The number of hydrogen-bond donors (Lipinski definition) is 2. The van der Waals surface area contributed by atoms with E-state index < -0.39 is 11.7 Å². The minimum absolute atomic E-state index is 0.197. The Balaban J connectivity index is 1.91. The minimum atomic E-state index is -1.20. The predicted octanol–water partition coefficient (Wildman–Crippen LogP) is 0.952. The number of aliphatic hydroxyl groups excluding tert-OH is 1. The number of ketones is 1. The number of carbonyl (C=O) groups excluding carboxylic acids is 1. The van der Waals surface area contributed by atoms with Crippen LogP contribution in [0.25, 0.3) is 0 Å². The van der Waals surface area contributed by atoms with Gasteiger partial charge in [-0.15, -0.1) is 0 Å². The summed E-state index contributed by atoms with van der Waals surface area (Å²) in [6.07, 6.45) is 4.30. The number of nitrogens with zero attached hydrogens (tertiary/aromatic N) is 1. The summed E-state index contributed by atoms with van der Waals surface area (Å²) >= 11 is 0. The van der Waals surface area contributed by atoms with Gasteiger partial charge >= 0.3 is 0 Å². The van der Waals surface area contributed by atoms with Crippen LogP contribution in [0, 0.1) is 17.8 Å².